The lowest BCUT2D eigenvalue weighted by molar-refractivity contribution is 0.411. The van der Waals surface area contributed by atoms with Crippen LogP contribution in [0.3, 0.4) is 0 Å². The number of anilines is 6. The molecule has 0 unspecified atom stereocenters. The van der Waals surface area contributed by atoms with Gasteiger partial charge < -0.3 is 9.80 Å². The summed E-state index contributed by atoms with van der Waals surface area (Å²) in [5.41, 5.74) is 15.5. The maximum Gasteiger partial charge on any atom is 0.0468 e. The van der Waals surface area contributed by atoms with E-state index in [9.17, 15) is 0 Å². The minimum Gasteiger partial charge on any atom is -0.310 e. The summed E-state index contributed by atoms with van der Waals surface area (Å²) in [7, 11) is 0. The number of rotatable bonds is 8. The standard InChI is InChI=1S/C54H50N2/c1-53(2,3)35-37-17-23-45(24-18-37)55(43-13-9-7-10-14-43)47-27-21-39-31-49-50-32-40-22-28-48(30-42(40)34-52(50)51(49)33-41(39)29-47)56(44-15-11-8-12-16-44)46-25-19-38(20-26-46)36-54(4,5)6/h7-34H,35-36H2,1-6H3. The highest BCUT2D eigenvalue weighted by Crippen LogP contribution is 2.51. The molecule has 1 aliphatic carbocycles. The molecule has 0 atom stereocenters. The van der Waals surface area contributed by atoms with Crippen molar-refractivity contribution in [2.75, 3.05) is 9.80 Å². The van der Waals surface area contributed by atoms with Crippen LogP contribution >= 0.6 is 0 Å². The maximum atomic E-state index is 2.40. The first kappa shape index (κ1) is 35.6. The zero-order valence-corrected chi connectivity index (χ0v) is 33.5. The molecule has 0 aliphatic heterocycles. The van der Waals surface area contributed by atoms with E-state index in [4.69, 9.17) is 0 Å². The van der Waals surface area contributed by atoms with Crippen LogP contribution in [0.5, 0.6) is 0 Å². The van der Waals surface area contributed by atoms with Crippen LogP contribution in [0, 0.1) is 10.8 Å². The number of nitrogens with zero attached hydrogens (tertiary/aromatic N) is 2. The van der Waals surface area contributed by atoms with Crippen molar-refractivity contribution in [2.45, 2.75) is 54.4 Å². The molecule has 2 nitrogen and oxygen atoms in total. The van der Waals surface area contributed by atoms with Gasteiger partial charge in [0.05, 0.1) is 0 Å². The first-order valence-corrected chi connectivity index (χ1v) is 20.0. The van der Waals surface area contributed by atoms with Crippen LogP contribution < -0.4 is 9.80 Å². The second kappa shape index (κ2) is 13.9. The molecule has 0 aromatic heterocycles. The molecule has 0 heterocycles. The fourth-order valence-electron chi connectivity index (χ4n) is 8.48. The van der Waals surface area contributed by atoms with Gasteiger partial charge in [0.25, 0.3) is 0 Å². The molecule has 0 bridgehead atoms. The molecule has 8 aromatic rings. The van der Waals surface area contributed by atoms with E-state index in [1.165, 1.54) is 54.9 Å². The normalized spacial score (nSPS) is 12.2. The Bertz CT molecular complexity index is 2490. The molecule has 0 N–H and O–H groups in total. The van der Waals surface area contributed by atoms with Crippen molar-refractivity contribution in [1.29, 1.82) is 0 Å². The molecule has 0 fully saturated rings. The Morgan fingerprint density at radius 3 is 0.946 bits per heavy atom. The average Bonchev–Trinajstić information content (AvgIpc) is 3.18. The van der Waals surface area contributed by atoms with Gasteiger partial charge in [-0.25, -0.2) is 0 Å². The lowest BCUT2D eigenvalue weighted by Gasteiger charge is -2.29. The van der Waals surface area contributed by atoms with Crippen molar-refractivity contribution < 1.29 is 0 Å². The Morgan fingerprint density at radius 1 is 0.304 bits per heavy atom. The van der Waals surface area contributed by atoms with Crippen LogP contribution in [0.2, 0.25) is 0 Å². The van der Waals surface area contributed by atoms with Crippen molar-refractivity contribution in [3.63, 3.8) is 0 Å². The molecule has 0 spiro atoms. The van der Waals surface area contributed by atoms with Crippen LogP contribution in [-0.2, 0) is 12.8 Å². The van der Waals surface area contributed by atoms with E-state index < -0.39 is 0 Å². The second-order valence-electron chi connectivity index (χ2n) is 18.0. The van der Waals surface area contributed by atoms with Gasteiger partial charge in [-0.1, -0.05) is 114 Å². The first-order chi connectivity index (χ1) is 27.0. The van der Waals surface area contributed by atoms with Gasteiger partial charge in [-0.15, -0.1) is 0 Å². The third-order valence-corrected chi connectivity index (χ3v) is 10.9. The van der Waals surface area contributed by atoms with Crippen LogP contribution in [0.1, 0.15) is 52.7 Å². The lowest BCUT2D eigenvalue weighted by atomic mass is 9.78. The second-order valence-corrected chi connectivity index (χ2v) is 18.0. The first-order valence-electron chi connectivity index (χ1n) is 20.0. The molecule has 0 amide bonds. The summed E-state index contributed by atoms with van der Waals surface area (Å²) >= 11 is 0. The average molecular weight is 727 g/mol. The number of para-hydroxylation sites is 2. The number of hydrogen-bond acceptors (Lipinski definition) is 2. The summed E-state index contributed by atoms with van der Waals surface area (Å²) in [4.78, 5) is 4.75. The number of benzene rings is 8. The summed E-state index contributed by atoms with van der Waals surface area (Å²) in [5, 5.41) is 5.01. The molecule has 0 radical (unpaired) electrons. The van der Waals surface area contributed by atoms with Crippen molar-refractivity contribution in [3.8, 4) is 22.3 Å². The lowest BCUT2D eigenvalue weighted by Crippen LogP contribution is -2.11. The van der Waals surface area contributed by atoms with E-state index in [0.29, 0.717) is 0 Å². The Labute approximate surface area is 332 Å². The molecule has 1 aliphatic rings. The third-order valence-electron chi connectivity index (χ3n) is 10.9. The van der Waals surface area contributed by atoms with Gasteiger partial charge in [0.2, 0.25) is 0 Å². The van der Waals surface area contributed by atoms with Gasteiger partial charge in [-0.3, -0.25) is 0 Å². The highest BCUT2D eigenvalue weighted by Gasteiger charge is 2.25. The van der Waals surface area contributed by atoms with Gasteiger partial charge in [0, 0.05) is 34.1 Å². The molecule has 0 saturated carbocycles. The fraction of sp³-hybridized carbons (Fsp3) is 0.185. The Hall–Kier alpha value is -6.12. The Balaban J connectivity index is 1.07. The molecular weight excluding hydrogens is 677 g/mol. The van der Waals surface area contributed by atoms with E-state index in [0.717, 1.165) is 47.0 Å². The molecule has 56 heavy (non-hydrogen) atoms. The summed E-state index contributed by atoms with van der Waals surface area (Å²) in [6.07, 6.45) is 2.10. The smallest absolute Gasteiger partial charge is 0.0468 e. The Morgan fingerprint density at radius 2 is 0.607 bits per heavy atom. The maximum absolute atomic E-state index is 2.40. The van der Waals surface area contributed by atoms with Gasteiger partial charge in [-0.05, 0) is 176 Å². The van der Waals surface area contributed by atoms with E-state index >= 15 is 0 Å². The Kier molecular flexibility index (Phi) is 8.81. The predicted octanol–water partition coefficient (Wildman–Crippen LogP) is 15.8. The molecule has 0 saturated heterocycles. The summed E-state index contributed by atoms with van der Waals surface area (Å²) < 4.78 is 0. The van der Waals surface area contributed by atoms with Crippen molar-refractivity contribution in [3.05, 3.63) is 181 Å². The fourth-order valence-corrected chi connectivity index (χ4v) is 8.48. The molecule has 276 valence electrons. The van der Waals surface area contributed by atoms with Crippen LogP contribution in [-0.4, -0.2) is 0 Å². The monoisotopic (exact) mass is 726 g/mol. The van der Waals surface area contributed by atoms with Crippen molar-refractivity contribution >= 4 is 55.7 Å². The summed E-state index contributed by atoms with van der Waals surface area (Å²) in [6.45, 7) is 13.8. The zero-order valence-electron chi connectivity index (χ0n) is 33.5. The third kappa shape index (κ3) is 7.08. The van der Waals surface area contributed by atoms with E-state index in [1.807, 2.05) is 0 Å². The zero-order chi connectivity index (χ0) is 38.6. The van der Waals surface area contributed by atoms with Crippen LogP contribution in [0.25, 0.3) is 43.8 Å². The highest BCUT2D eigenvalue weighted by atomic mass is 15.1. The molecular formula is C54H50N2. The van der Waals surface area contributed by atoms with E-state index in [-0.39, 0.29) is 10.8 Å². The molecule has 9 rings (SSSR count). The largest absolute Gasteiger partial charge is 0.310 e. The van der Waals surface area contributed by atoms with E-state index in [1.54, 1.807) is 0 Å². The number of hydrogen-bond donors (Lipinski definition) is 0. The van der Waals surface area contributed by atoms with Crippen LogP contribution in [0.15, 0.2) is 170 Å². The van der Waals surface area contributed by atoms with Gasteiger partial charge in [0.15, 0.2) is 0 Å². The topological polar surface area (TPSA) is 6.48 Å². The van der Waals surface area contributed by atoms with Crippen molar-refractivity contribution in [2.24, 2.45) is 10.8 Å². The van der Waals surface area contributed by atoms with Crippen LogP contribution in [0.4, 0.5) is 34.1 Å². The summed E-state index contributed by atoms with van der Waals surface area (Å²) in [6, 6.07) is 63.0. The number of fused-ring (bicyclic) bond motifs is 6. The minimum absolute atomic E-state index is 0.245. The van der Waals surface area contributed by atoms with Gasteiger partial charge >= 0.3 is 0 Å². The summed E-state index contributed by atoms with van der Waals surface area (Å²) in [5.74, 6) is 0. The molecule has 2 heteroatoms. The minimum atomic E-state index is 0.245. The SMILES string of the molecule is CC(C)(C)Cc1ccc(N(c2ccccc2)c2ccc3cc4c(cc3c2)-c2cc3cc(N(c5ccccc5)c5ccc(CC(C)(C)C)cc5)ccc3cc2-4)cc1. The van der Waals surface area contributed by atoms with Gasteiger partial charge in [-0.2, -0.15) is 0 Å². The molecule has 8 aromatic carbocycles. The van der Waals surface area contributed by atoms with Crippen molar-refractivity contribution in [1.82, 2.24) is 0 Å². The van der Waals surface area contributed by atoms with Gasteiger partial charge in [0.1, 0.15) is 0 Å². The predicted molar refractivity (Wildman–Crippen MR) is 242 cm³/mol. The van der Waals surface area contributed by atoms with E-state index in [2.05, 4.69) is 221 Å². The quantitative estimate of drug-likeness (QED) is 0.154. The highest BCUT2D eigenvalue weighted by molar-refractivity contribution is 6.12.